The van der Waals surface area contributed by atoms with E-state index in [0.29, 0.717) is 0 Å². The third-order valence-corrected chi connectivity index (χ3v) is 4.32. The fraction of sp³-hybridized carbons (Fsp3) is 0.579. The Kier molecular flexibility index (Phi) is 9.08. The number of unbranched alkanes of at least 4 members (excludes halogenated alkanes) is 3. The molecule has 0 atom stereocenters. The molecule has 0 bridgehead atoms. The first-order valence-electron chi connectivity index (χ1n) is 8.76. The molecule has 0 spiro atoms. The molecule has 1 aromatic rings. The van der Waals surface area contributed by atoms with E-state index in [0.717, 1.165) is 0 Å². The fourth-order valence-electron chi connectivity index (χ4n) is 2.87. The summed E-state index contributed by atoms with van der Waals surface area (Å²) in [5, 5.41) is 17.4. The van der Waals surface area contributed by atoms with Crippen LogP contribution in [0.25, 0.3) is 0 Å². The summed E-state index contributed by atoms with van der Waals surface area (Å²) in [4.78, 5) is 23.8. The summed E-state index contributed by atoms with van der Waals surface area (Å²) in [7, 11) is 0. The summed E-state index contributed by atoms with van der Waals surface area (Å²) in [6.45, 7) is 7.85. The van der Waals surface area contributed by atoms with Gasteiger partial charge in [0.05, 0.1) is 11.1 Å². The predicted molar refractivity (Wildman–Crippen MR) is 94.9 cm³/mol. The number of rotatable bonds is 7. The van der Waals surface area contributed by atoms with Crippen LogP contribution in [0.1, 0.15) is 71.7 Å². The average molecular weight is 335 g/mol. The summed E-state index contributed by atoms with van der Waals surface area (Å²) >= 11 is 0. The van der Waals surface area contributed by atoms with E-state index >= 15 is 0 Å². The lowest BCUT2D eigenvalue weighted by Gasteiger charge is -2.13. The second kappa shape index (κ2) is 10.8. The first kappa shape index (κ1) is 20.2. The molecule has 1 aromatic carbocycles. The molecule has 1 aliphatic heterocycles. The SMILES string of the molecule is CCCCCCN1CCCC1.Cc1c(C(=O)O)cccc1C(=O)O. The summed E-state index contributed by atoms with van der Waals surface area (Å²) < 4.78 is 0. The third kappa shape index (κ3) is 6.71. The van der Waals surface area contributed by atoms with E-state index < -0.39 is 11.9 Å². The molecule has 5 nitrogen and oxygen atoms in total. The van der Waals surface area contributed by atoms with Gasteiger partial charge in [-0.2, -0.15) is 0 Å². The maximum Gasteiger partial charge on any atom is 0.335 e. The number of benzene rings is 1. The first-order valence-corrected chi connectivity index (χ1v) is 8.76. The standard InChI is InChI=1S/C10H21N.C9H8O4/c1-2-3-4-5-8-11-9-6-7-10-11;1-5-6(8(10)11)3-2-4-7(5)9(12)13/h2-10H2,1H3;2-4H,1H3,(H,10,11)(H,12,13). The molecule has 5 heteroatoms. The van der Waals surface area contributed by atoms with Crippen molar-refractivity contribution in [3.63, 3.8) is 0 Å². The lowest BCUT2D eigenvalue weighted by Crippen LogP contribution is -2.20. The van der Waals surface area contributed by atoms with E-state index in [1.807, 2.05) is 0 Å². The molecule has 0 amide bonds. The van der Waals surface area contributed by atoms with E-state index in [9.17, 15) is 9.59 Å². The van der Waals surface area contributed by atoms with Crippen LogP contribution in [0, 0.1) is 6.92 Å². The van der Waals surface area contributed by atoms with Gasteiger partial charge in [0, 0.05) is 0 Å². The van der Waals surface area contributed by atoms with Gasteiger partial charge in [-0.15, -0.1) is 0 Å². The Morgan fingerprint density at radius 1 is 1.00 bits per heavy atom. The average Bonchev–Trinajstić information content (AvgIpc) is 3.05. The molecular formula is C19H29NO4. The van der Waals surface area contributed by atoms with E-state index in [-0.39, 0.29) is 16.7 Å². The molecule has 1 saturated heterocycles. The Morgan fingerprint density at radius 3 is 2.00 bits per heavy atom. The van der Waals surface area contributed by atoms with E-state index in [4.69, 9.17) is 10.2 Å². The highest BCUT2D eigenvalue weighted by Crippen LogP contribution is 2.13. The topological polar surface area (TPSA) is 77.8 Å². The van der Waals surface area contributed by atoms with Crippen molar-refractivity contribution in [2.75, 3.05) is 19.6 Å². The van der Waals surface area contributed by atoms with E-state index in [2.05, 4.69) is 11.8 Å². The molecule has 1 heterocycles. The molecule has 1 fully saturated rings. The molecule has 0 aliphatic carbocycles. The zero-order valence-electron chi connectivity index (χ0n) is 14.8. The van der Waals surface area contributed by atoms with Crippen LogP contribution < -0.4 is 0 Å². The molecule has 0 saturated carbocycles. The van der Waals surface area contributed by atoms with Crippen LogP contribution in [-0.2, 0) is 0 Å². The van der Waals surface area contributed by atoms with Crippen molar-refractivity contribution in [3.05, 3.63) is 34.9 Å². The van der Waals surface area contributed by atoms with Crippen molar-refractivity contribution in [1.29, 1.82) is 0 Å². The molecular weight excluding hydrogens is 306 g/mol. The third-order valence-electron chi connectivity index (χ3n) is 4.32. The molecule has 2 rings (SSSR count). The van der Waals surface area contributed by atoms with Gasteiger partial charge in [-0.1, -0.05) is 32.3 Å². The van der Waals surface area contributed by atoms with Crippen LogP contribution in [0.5, 0.6) is 0 Å². The first-order chi connectivity index (χ1) is 11.5. The van der Waals surface area contributed by atoms with Gasteiger partial charge in [-0.3, -0.25) is 0 Å². The second-order valence-corrected chi connectivity index (χ2v) is 6.20. The predicted octanol–water partition coefficient (Wildman–Crippen LogP) is 4.05. The van der Waals surface area contributed by atoms with Crippen LogP contribution in [0.3, 0.4) is 0 Å². The number of carbonyl (C=O) groups is 2. The fourth-order valence-corrected chi connectivity index (χ4v) is 2.87. The molecule has 2 N–H and O–H groups in total. The van der Waals surface area contributed by atoms with Gasteiger partial charge in [0.1, 0.15) is 0 Å². The maximum absolute atomic E-state index is 10.6. The number of nitrogens with zero attached hydrogens (tertiary/aromatic N) is 1. The number of hydrogen-bond acceptors (Lipinski definition) is 3. The zero-order chi connectivity index (χ0) is 17.9. The van der Waals surface area contributed by atoms with Gasteiger partial charge in [-0.05, 0) is 63.5 Å². The quantitative estimate of drug-likeness (QED) is 0.735. The van der Waals surface area contributed by atoms with Crippen LogP contribution in [0.2, 0.25) is 0 Å². The molecule has 1 aliphatic rings. The smallest absolute Gasteiger partial charge is 0.335 e. The van der Waals surface area contributed by atoms with Crippen LogP contribution in [0.4, 0.5) is 0 Å². The Bertz CT molecular complexity index is 504. The van der Waals surface area contributed by atoms with E-state index in [1.165, 1.54) is 83.3 Å². The summed E-state index contributed by atoms with van der Waals surface area (Å²) in [5.41, 5.74) is 0.335. The van der Waals surface area contributed by atoms with Crippen molar-refractivity contribution in [3.8, 4) is 0 Å². The lowest BCUT2D eigenvalue weighted by atomic mass is 10.0. The van der Waals surface area contributed by atoms with Crippen molar-refractivity contribution in [2.45, 2.75) is 52.4 Å². The minimum Gasteiger partial charge on any atom is -0.478 e. The van der Waals surface area contributed by atoms with Crippen LogP contribution in [0.15, 0.2) is 18.2 Å². The normalized spacial score (nSPS) is 14.1. The Balaban J connectivity index is 0.000000243. The molecule has 24 heavy (non-hydrogen) atoms. The number of aromatic carboxylic acids is 2. The van der Waals surface area contributed by atoms with Crippen molar-refractivity contribution in [1.82, 2.24) is 4.90 Å². The Morgan fingerprint density at radius 2 is 1.54 bits per heavy atom. The molecule has 134 valence electrons. The minimum absolute atomic E-state index is 0.0277. The summed E-state index contributed by atoms with van der Waals surface area (Å²) in [5.74, 6) is -2.22. The highest BCUT2D eigenvalue weighted by molar-refractivity contribution is 5.96. The highest BCUT2D eigenvalue weighted by Gasteiger charge is 2.13. The molecule has 0 radical (unpaired) electrons. The number of carboxylic acids is 2. The summed E-state index contributed by atoms with van der Waals surface area (Å²) in [6, 6.07) is 4.17. The van der Waals surface area contributed by atoms with E-state index in [1.54, 1.807) is 0 Å². The Hall–Kier alpha value is -1.88. The highest BCUT2D eigenvalue weighted by atomic mass is 16.4. The number of hydrogen-bond donors (Lipinski definition) is 2. The summed E-state index contributed by atoms with van der Waals surface area (Å²) in [6.07, 6.45) is 8.52. The molecule has 0 aromatic heterocycles. The van der Waals surface area contributed by atoms with Crippen molar-refractivity contribution < 1.29 is 19.8 Å². The van der Waals surface area contributed by atoms with Crippen LogP contribution in [-0.4, -0.2) is 46.7 Å². The van der Waals surface area contributed by atoms with Gasteiger partial charge in [0.2, 0.25) is 0 Å². The van der Waals surface area contributed by atoms with Crippen LogP contribution >= 0.6 is 0 Å². The monoisotopic (exact) mass is 335 g/mol. The second-order valence-electron chi connectivity index (χ2n) is 6.20. The number of carboxylic acid groups (broad SMARTS) is 2. The van der Waals surface area contributed by atoms with Gasteiger partial charge < -0.3 is 15.1 Å². The number of likely N-dealkylation sites (tertiary alicyclic amines) is 1. The minimum atomic E-state index is -1.11. The van der Waals surface area contributed by atoms with Gasteiger partial charge in [0.25, 0.3) is 0 Å². The maximum atomic E-state index is 10.6. The van der Waals surface area contributed by atoms with Crippen molar-refractivity contribution in [2.24, 2.45) is 0 Å². The largest absolute Gasteiger partial charge is 0.478 e. The lowest BCUT2D eigenvalue weighted by molar-refractivity contribution is 0.0696. The van der Waals surface area contributed by atoms with Gasteiger partial charge in [-0.25, -0.2) is 9.59 Å². The Labute approximate surface area is 144 Å². The van der Waals surface area contributed by atoms with Crippen molar-refractivity contribution >= 4 is 11.9 Å². The molecule has 0 unspecified atom stereocenters. The van der Waals surface area contributed by atoms with Gasteiger partial charge >= 0.3 is 11.9 Å². The van der Waals surface area contributed by atoms with Gasteiger partial charge in [0.15, 0.2) is 0 Å². The zero-order valence-corrected chi connectivity index (χ0v) is 14.8.